The van der Waals surface area contributed by atoms with Crippen LogP contribution in [-0.4, -0.2) is 51.0 Å². The van der Waals surface area contributed by atoms with Gasteiger partial charge in [-0.2, -0.15) is 0 Å². The number of nitrogens with one attached hydrogen (secondary N) is 1. The minimum atomic E-state index is -3.90. The second-order valence-corrected chi connectivity index (χ2v) is 9.86. The molecule has 2 rings (SSSR count). The third-order valence-corrected chi connectivity index (χ3v) is 6.29. The average molecular weight is 504 g/mol. The highest BCUT2D eigenvalue weighted by atomic mass is 35.5. The Morgan fingerprint density at radius 2 is 1.66 bits per heavy atom. The number of benzene rings is 2. The summed E-state index contributed by atoms with van der Waals surface area (Å²) in [4.78, 5) is 27.1. The maximum absolute atomic E-state index is 13.3. The number of anilines is 1. The van der Waals surface area contributed by atoms with Crippen LogP contribution in [0.2, 0.25) is 10.0 Å². The van der Waals surface area contributed by atoms with Crippen molar-refractivity contribution in [2.45, 2.75) is 25.9 Å². The number of hydrogen-bond donors (Lipinski definition) is 1. The summed E-state index contributed by atoms with van der Waals surface area (Å²) >= 11 is 12.0. The number of carbonyl (C=O) groups is 2. The molecule has 32 heavy (non-hydrogen) atoms. The largest absolute Gasteiger partial charge is 0.357 e. The predicted molar refractivity (Wildman–Crippen MR) is 124 cm³/mol. The maximum atomic E-state index is 13.3. The van der Waals surface area contributed by atoms with E-state index in [9.17, 15) is 22.4 Å². The topological polar surface area (TPSA) is 86.8 Å². The van der Waals surface area contributed by atoms with Crippen molar-refractivity contribution in [2.24, 2.45) is 0 Å². The Hall–Kier alpha value is -2.36. The molecule has 11 heteroatoms. The molecular weight excluding hydrogens is 480 g/mol. The van der Waals surface area contributed by atoms with Gasteiger partial charge in [0.25, 0.3) is 0 Å². The lowest BCUT2D eigenvalue weighted by Gasteiger charge is -2.32. The summed E-state index contributed by atoms with van der Waals surface area (Å²) in [7, 11) is -2.45. The summed E-state index contributed by atoms with van der Waals surface area (Å²) in [6.45, 7) is 1.14. The highest BCUT2D eigenvalue weighted by molar-refractivity contribution is 7.92. The first-order chi connectivity index (χ1) is 15.0. The second-order valence-electron chi connectivity index (χ2n) is 7.08. The van der Waals surface area contributed by atoms with Crippen LogP contribution in [0.1, 0.15) is 18.9 Å². The van der Waals surface area contributed by atoms with Crippen LogP contribution in [0.25, 0.3) is 0 Å². The molecule has 1 N–H and O–H groups in total. The van der Waals surface area contributed by atoms with Gasteiger partial charge >= 0.3 is 0 Å². The SMILES string of the molecule is CC[C@@H](C(=O)NC)N(Cc1ccc(F)cc1)C(=O)CN(c1cc(Cl)cc(Cl)c1)S(C)(=O)=O. The maximum Gasteiger partial charge on any atom is 0.244 e. The summed E-state index contributed by atoms with van der Waals surface area (Å²) in [5, 5.41) is 2.92. The first kappa shape index (κ1) is 25.9. The molecule has 2 amide bonds. The van der Waals surface area contributed by atoms with E-state index >= 15 is 0 Å². The molecule has 0 heterocycles. The molecule has 0 fully saturated rings. The second kappa shape index (κ2) is 11.0. The molecule has 2 aromatic carbocycles. The summed E-state index contributed by atoms with van der Waals surface area (Å²) in [6, 6.07) is 8.82. The average Bonchev–Trinajstić information content (AvgIpc) is 2.71. The van der Waals surface area contributed by atoms with Gasteiger partial charge in [-0.05, 0) is 42.3 Å². The Balaban J connectivity index is 2.45. The van der Waals surface area contributed by atoms with Crippen LogP contribution in [0.5, 0.6) is 0 Å². The third-order valence-electron chi connectivity index (χ3n) is 4.71. The van der Waals surface area contributed by atoms with Gasteiger partial charge < -0.3 is 10.2 Å². The Morgan fingerprint density at radius 1 is 1.09 bits per heavy atom. The van der Waals surface area contributed by atoms with E-state index in [-0.39, 0.29) is 28.7 Å². The van der Waals surface area contributed by atoms with Gasteiger partial charge in [0.2, 0.25) is 21.8 Å². The number of hydrogen-bond acceptors (Lipinski definition) is 4. The lowest BCUT2D eigenvalue weighted by atomic mass is 10.1. The van der Waals surface area contributed by atoms with Crippen molar-refractivity contribution in [3.8, 4) is 0 Å². The smallest absolute Gasteiger partial charge is 0.244 e. The first-order valence-corrected chi connectivity index (χ1v) is 12.3. The number of halogens is 3. The van der Waals surface area contributed by atoms with E-state index in [4.69, 9.17) is 23.2 Å². The molecule has 7 nitrogen and oxygen atoms in total. The first-order valence-electron chi connectivity index (χ1n) is 9.65. The number of sulfonamides is 1. The van der Waals surface area contributed by atoms with E-state index in [2.05, 4.69) is 5.32 Å². The standard InChI is InChI=1S/C21H24Cl2FN3O4S/c1-4-19(21(29)25-2)26(12-14-5-7-17(24)8-6-14)20(28)13-27(32(3,30)31)18-10-15(22)9-16(23)11-18/h5-11,19H,4,12-13H2,1-3H3,(H,25,29)/t19-/m0/s1. The van der Waals surface area contributed by atoms with Gasteiger partial charge in [-0.1, -0.05) is 42.3 Å². The minimum absolute atomic E-state index is 0.0149. The van der Waals surface area contributed by atoms with E-state index < -0.39 is 40.2 Å². The fourth-order valence-corrected chi connectivity index (χ4v) is 4.52. The molecule has 0 bridgehead atoms. The van der Waals surface area contributed by atoms with Crippen LogP contribution in [-0.2, 0) is 26.2 Å². The summed E-state index contributed by atoms with van der Waals surface area (Å²) in [5.41, 5.74) is 0.701. The normalized spacial score (nSPS) is 12.2. The summed E-state index contributed by atoms with van der Waals surface area (Å²) < 4.78 is 39.2. The molecule has 1 atom stereocenters. The van der Waals surface area contributed by atoms with Crippen LogP contribution >= 0.6 is 23.2 Å². The van der Waals surface area contributed by atoms with E-state index in [0.29, 0.717) is 5.56 Å². The van der Waals surface area contributed by atoms with Gasteiger partial charge in [0.15, 0.2) is 0 Å². The molecule has 0 aliphatic carbocycles. The molecule has 0 aliphatic heterocycles. The minimum Gasteiger partial charge on any atom is -0.357 e. The number of nitrogens with zero attached hydrogens (tertiary/aromatic N) is 2. The van der Waals surface area contributed by atoms with Crippen LogP contribution in [0.4, 0.5) is 10.1 Å². The molecule has 0 saturated carbocycles. The Bertz CT molecular complexity index is 1060. The zero-order chi connectivity index (χ0) is 24.1. The van der Waals surface area contributed by atoms with E-state index in [1.807, 2.05) is 0 Å². The van der Waals surface area contributed by atoms with Crippen molar-refractivity contribution in [2.75, 3.05) is 24.2 Å². The monoisotopic (exact) mass is 503 g/mol. The van der Waals surface area contributed by atoms with Crippen molar-refractivity contribution in [1.29, 1.82) is 0 Å². The molecule has 0 unspecified atom stereocenters. The zero-order valence-corrected chi connectivity index (χ0v) is 20.1. The van der Waals surface area contributed by atoms with Gasteiger partial charge in [-0.3, -0.25) is 13.9 Å². The van der Waals surface area contributed by atoms with Gasteiger partial charge in [0.1, 0.15) is 18.4 Å². The fourth-order valence-electron chi connectivity index (χ4n) is 3.17. The number of carbonyl (C=O) groups excluding carboxylic acids is 2. The van der Waals surface area contributed by atoms with Crippen LogP contribution in [0.15, 0.2) is 42.5 Å². The lowest BCUT2D eigenvalue weighted by molar-refractivity contribution is -0.140. The van der Waals surface area contributed by atoms with Crippen LogP contribution < -0.4 is 9.62 Å². The van der Waals surface area contributed by atoms with Gasteiger partial charge in [0.05, 0.1) is 11.9 Å². The Labute approximate surface area is 197 Å². The van der Waals surface area contributed by atoms with E-state index in [1.165, 1.54) is 54.4 Å². The molecule has 2 aromatic rings. The van der Waals surface area contributed by atoms with Crippen molar-refractivity contribution in [3.05, 3.63) is 63.9 Å². The highest BCUT2D eigenvalue weighted by Crippen LogP contribution is 2.27. The molecule has 0 radical (unpaired) electrons. The highest BCUT2D eigenvalue weighted by Gasteiger charge is 2.31. The van der Waals surface area contributed by atoms with E-state index in [1.54, 1.807) is 6.92 Å². The van der Waals surface area contributed by atoms with Crippen molar-refractivity contribution >= 4 is 50.7 Å². The zero-order valence-electron chi connectivity index (χ0n) is 17.8. The third kappa shape index (κ3) is 6.82. The predicted octanol–water partition coefficient (Wildman–Crippen LogP) is 3.45. The van der Waals surface area contributed by atoms with Gasteiger partial charge in [-0.25, -0.2) is 12.8 Å². The summed E-state index contributed by atoms with van der Waals surface area (Å²) in [5.74, 6) is -1.46. The Kier molecular flexibility index (Phi) is 8.89. The van der Waals surface area contributed by atoms with Gasteiger partial charge in [0, 0.05) is 23.6 Å². The number of likely N-dealkylation sites (N-methyl/N-ethyl adjacent to an activating group) is 1. The molecule has 174 valence electrons. The molecule has 0 aliphatic rings. The molecule has 0 aromatic heterocycles. The van der Waals surface area contributed by atoms with Crippen LogP contribution in [0, 0.1) is 5.82 Å². The van der Waals surface area contributed by atoms with Gasteiger partial charge in [-0.15, -0.1) is 0 Å². The molecule has 0 spiro atoms. The molecule has 0 saturated heterocycles. The van der Waals surface area contributed by atoms with E-state index in [0.717, 1.165) is 10.6 Å². The van der Waals surface area contributed by atoms with Crippen molar-refractivity contribution in [1.82, 2.24) is 10.2 Å². The summed E-state index contributed by atoms with van der Waals surface area (Å²) in [6.07, 6.45) is 1.24. The van der Waals surface area contributed by atoms with Crippen molar-refractivity contribution < 1.29 is 22.4 Å². The molecular formula is C21H24Cl2FN3O4S. The van der Waals surface area contributed by atoms with Crippen LogP contribution in [0.3, 0.4) is 0 Å². The lowest BCUT2D eigenvalue weighted by Crippen LogP contribution is -2.51. The van der Waals surface area contributed by atoms with Crippen molar-refractivity contribution in [3.63, 3.8) is 0 Å². The number of rotatable bonds is 9. The fraction of sp³-hybridized carbons (Fsp3) is 0.333. The number of amides is 2. The quantitative estimate of drug-likeness (QED) is 0.567. The Morgan fingerprint density at radius 3 is 2.12 bits per heavy atom.